The average Bonchev–Trinajstić information content (AvgIpc) is 2.43. The van der Waals surface area contributed by atoms with E-state index in [9.17, 15) is 13.2 Å². The quantitative estimate of drug-likeness (QED) is 0.695. The Morgan fingerprint density at radius 1 is 1.10 bits per heavy atom. The summed E-state index contributed by atoms with van der Waals surface area (Å²) in [6.45, 7) is 2.10. The molecule has 2 rings (SSSR count). The molecule has 0 bridgehead atoms. The van der Waals surface area contributed by atoms with Gasteiger partial charge in [-0.1, -0.05) is 6.42 Å². The molecule has 2 aliphatic heterocycles. The Morgan fingerprint density at radius 3 is 2.60 bits per heavy atom. The predicted molar refractivity (Wildman–Crippen MR) is 78.4 cm³/mol. The number of carbonyl (C=O) groups excluding carboxylic acids is 1. The van der Waals surface area contributed by atoms with E-state index in [1.807, 2.05) is 0 Å². The monoisotopic (exact) mass is 303 g/mol. The van der Waals surface area contributed by atoms with Crippen LogP contribution in [-0.4, -0.2) is 51.6 Å². The number of urea groups is 1. The molecule has 2 amide bonds. The van der Waals surface area contributed by atoms with E-state index in [1.54, 1.807) is 0 Å². The third-order valence-corrected chi connectivity index (χ3v) is 5.92. The molecule has 116 valence electrons. The van der Waals surface area contributed by atoms with Crippen LogP contribution in [0.25, 0.3) is 0 Å². The summed E-state index contributed by atoms with van der Waals surface area (Å²) < 4.78 is 23.0. The lowest BCUT2D eigenvalue weighted by Gasteiger charge is -2.24. The van der Waals surface area contributed by atoms with Crippen LogP contribution in [-0.2, 0) is 9.84 Å². The number of sulfone groups is 1. The summed E-state index contributed by atoms with van der Waals surface area (Å²) in [7, 11) is -2.89. The highest BCUT2D eigenvalue weighted by molar-refractivity contribution is 7.91. The Labute approximate surface area is 121 Å². The standard InChI is InChI=1S/C13H25N3O3S/c17-13(16-9-12-5-1-2-6-14-12)15-8-11-4-3-7-20(18,19)10-11/h11-12,14H,1-10H2,(H2,15,16,17). The van der Waals surface area contributed by atoms with Gasteiger partial charge in [-0.25, -0.2) is 13.2 Å². The number of carbonyl (C=O) groups is 1. The van der Waals surface area contributed by atoms with Gasteiger partial charge < -0.3 is 16.0 Å². The van der Waals surface area contributed by atoms with Crippen LogP contribution in [0.4, 0.5) is 4.79 Å². The van der Waals surface area contributed by atoms with Crippen LogP contribution in [0.1, 0.15) is 32.1 Å². The van der Waals surface area contributed by atoms with Crippen LogP contribution < -0.4 is 16.0 Å². The minimum absolute atomic E-state index is 0.0623. The third-order valence-electron chi connectivity index (χ3n) is 4.03. The van der Waals surface area contributed by atoms with Crippen molar-refractivity contribution in [3.63, 3.8) is 0 Å². The molecule has 0 aliphatic carbocycles. The molecule has 3 N–H and O–H groups in total. The lowest BCUT2D eigenvalue weighted by atomic mass is 10.1. The van der Waals surface area contributed by atoms with E-state index in [0.717, 1.165) is 19.4 Å². The average molecular weight is 303 g/mol. The molecule has 2 heterocycles. The van der Waals surface area contributed by atoms with Gasteiger partial charge in [-0.3, -0.25) is 0 Å². The van der Waals surface area contributed by atoms with Crippen LogP contribution >= 0.6 is 0 Å². The molecule has 20 heavy (non-hydrogen) atoms. The molecule has 7 heteroatoms. The topological polar surface area (TPSA) is 87.3 Å². The van der Waals surface area contributed by atoms with Gasteiger partial charge in [-0.2, -0.15) is 0 Å². The first kappa shape index (κ1) is 15.6. The van der Waals surface area contributed by atoms with Crippen LogP contribution in [0, 0.1) is 5.92 Å². The molecule has 0 spiro atoms. The van der Waals surface area contributed by atoms with Crippen molar-refractivity contribution in [2.45, 2.75) is 38.1 Å². The van der Waals surface area contributed by atoms with Gasteiger partial charge in [-0.05, 0) is 38.1 Å². The summed E-state index contributed by atoms with van der Waals surface area (Å²) in [5, 5.41) is 9.01. The number of hydrogen-bond acceptors (Lipinski definition) is 4. The molecular formula is C13H25N3O3S. The van der Waals surface area contributed by atoms with Crippen molar-refractivity contribution >= 4 is 15.9 Å². The van der Waals surface area contributed by atoms with Gasteiger partial charge >= 0.3 is 6.03 Å². The highest BCUT2D eigenvalue weighted by Gasteiger charge is 2.24. The number of amides is 2. The van der Waals surface area contributed by atoms with Gasteiger partial charge in [0.15, 0.2) is 9.84 Å². The fourth-order valence-electron chi connectivity index (χ4n) is 2.89. The van der Waals surface area contributed by atoms with E-state index in [4.69, 9.17) is 0 Å². The van der Waals surface area contributed by atoms with Gasteiger partial charge in [0, 0.05) is 19.1 Å². The first-order chi connectivity index (χ1) is 9.55. The zero-order valence-electron chi connectivity index (χ0n) is 11.9. The summed E-state index contributed by atoms with van der Waals surface area (Å²) in [6, 6.07) is 0.171. The van der Waals surface area contributed by atoms with E-state index in [-0.39, 0.29) is 17.7 Å². The second-order valence-electron chi connectivity index (χ2n) is 5.86. The smallest absolute Gasteiger partial charge is 0.314 e. The normalized spacial score (nSPS) is 29.6. The highest BCUT2D eigenvalue weighted by atomic mass is 32.2. The zero-order valence-corrected chi connectivity index (χ0v) is 12.7. The van der Waals surface area contributed by atoms with Crippen LogP contribution in [0.5, 0.6) is 0 Å². The van der Waals surface area contributed by atoms with E-state index >= 15 is 0 Å². The van der Waals surface area contributed by atoms with E-state index < -0.39 is 9.84 Å². The minimum Gasteiger partial charge on any atom is -0.338 e. The molecule has 2 saturated heterocycles. The van der Waals surface area contributed by atoms with Crippen molar-refractivity contribution in [2.75, 3.05) is 31.1 Å². The summed E-state index contributed by atoms with van der Waals surface area (Å²) in [5.74, 6) is 0.563. The van der Waals surface area contributed by atoms with E-state index in [1.165, 1.54) is 12.8 Å². The second kappa shape index (κ2) is 7.26. The fraction of sp³-hybridized carbons (Fsp3) is 0.923. The maximum Gasteiger partial charge on any atom is 0.314 e. The molecule has 2 fully saturated rings. The lowest BCUT2D eigenvalue weighted by Crippen LogP contribution is -2.47. The van der Waals surface area contributed by atoms with Crippen molar-refractivity contribution in [2.24, 2.45) is 5.92 Å². The SMILES string of the molecule is O=C(NCC1CCCS(=O)(=O)C1)NCC1CCCCN1. The van der Waals surface area contributed by atoms with Crippen LogP contribution in [0.15, 0.2) is 0 Å². The molecule has 6 nitrogen and oxygen atoms in total. The molecule has 0 aromatic heterocycles. The van der Waals surface area contributed by atoms with E-state index in [2.05, 4.69) is 16.0 Å². The summed E-state index contributed by atoms with van der Waals surface area (Å²) in [6.07, 6.45) is 5.10. The number of nitrogens with one attached hydrogen (secondary N) is 3. The van der Waals surface area contributed by atoms with Crippen molar-refractivity contribution in [1.82, 2.24) is 16.0 Å². The summed E-state index contributed by atoms with van der Waals surface area (Å²) in [4.78, 5) is 11.7. The van der Waals surface area contributed by atoms with Crippen molar-refractivity contribution in [1.29, 1.82) is 0 Å². The Hall–Kier alpha value is -0.820. The molecule has 0 aromatic carbocycles. The lowest BCUT2D eigenvalue weighted by molar-refractivity contribution is 0.236. The van der Waals surface area contributed by atoms with Crippen LogP contribution in [0.2, 0.25) is 0 Å². The maximum atomic E-state index is 11.7. The largest absolute Gasteiger partial charge is 0.338 e. The predicted octanol–water partition coefficient (Wildman–Crippen LogP) is 0.253. The Morgan fingerprint density at radius 2 is 1.90 bits per heavy atom. The Bertz CT molecular complexity index is 419. The van der Waals surface area contributed by atoms with Gasteiger partial charge in [0.2, 0.25) is 0 Å². The van der Waals surface area contributed by atoms with Crippen molar-refractivity contribution in [3.8, 4) is 0 Å². The molecule has 0 saturated carbocycles. The van der Waals surface area contributed by atoms with Crippen molar-refractivity contribution in [3.05, 3.63) is 0 Å². The summed E-state index contributed by atoms with van der Waals surface area (Å²) in [5.41, 5.74) is 0. The second-order valence-corrected chi connectivity index (χ2v) is 8.09. The van der Waals surface area contributed by atoms with Gasteiger partial charge in [0.25, 0.3) is 0 Å². The molecule has 2 atom stereocenters. The number of hydrogen-bond donors (Lipinski definition) is 3. The van der Waals surface area contributed by atoms with Gasteiger partial charge in [0.1, 0.15) is 0 Å². The first-order valence-corrected chi connectivity index (χ1v) is 9.33. The van der Waals surface area contributed by atoms with Crippen LogP contribution in [0.3, 0.4) is 0 Å². The molecule has 0 radical (unpaired) electrons. The molecule has 0 aromatic rings. The van der Waals surface area contributed by atoms with Gasteiger partial charge in [0.05, 0.1) is 11.5 Å². The zero-order chi connectivity index (χ0) is 14.4. The molecule has 2 aliphatic rings. The first-order valence-electron chi connectivity index (χ1n) is 7.51. The third kappa shape index (κ3) is 5.28. The number of piperidine rings is 1. The van der Waals surface area contributed by atoms with E-state index in [0.29, 0.717) is 31.3 Å². The van der Waals surface area contributed by atoms with Crippen molar-refractivity contribution < 1.29 is 13.2 Å². The van der Waals surface area contributed by atoms with Gasteiger partial charge in [-0.15, -0.1) is 0 Å². The number of rotatable bonds is 4. The fourth-order valence-corrected chi connectivity index (χ4v) is 4.67. The molecular weight excluding hydrogens is 278 g/mol. The summed E-state index contributed by atoms with van der Waals surface area (Å²) >= 11 is 0. The Kier molecular flexibility index (Phi) is 5.65. The Balaban J connectivity index is 1.62. The highest BCUT2D eigenvalue weighted by Crippen LogP contribution is 2.17. The molecule has 2 unspecified atom stereocenters. The maximum absolute atomic E-state index is 11.7. The minimum atomic E-state index is -2.89.